The Bertz CT molecular complexity index is 1140. The van der Waals surface area contributed by atoms with E-state index >= 15 is 0 Å². The first-order valence-corrected chi connectivity index (χ1v) is 9.05. The van der Waals surface area contributed by atoms with Crippen LogP contribution in [0.15, 0.2) is 67.0 Å². The third-order valence-corrected chi connectivity index (χ3v) is 4.84. The first-order chi connectivity index (χ1) is 13.5. The molecule has 5 heteroatoms. The fourth-order valence-corrected chi connectivity index (χ4v) is 3.23. The van der Waals surface area contributed by atoms with E-state index in [0.717, 1.165) is 16.8 Å². The number of halogens is 1. The van der Waals surface area contributed by atoms with Crippen LogP contribution < -0.4 is 5.32 Å². The van der Waals surface area contributed by atoms with Crippen LogP contribution in [-0.4, -0.2) is 15.1 Å². The van der Waals surface area contributed by atoms with E-state index in [-0.39, 0.29) is 11.6 Å². The summed E-state index contributed by atoms with van der Waals surface area (Å²) in [6.07, 6.45) is 3.37. The van der Waals surface area contributed by atoms with E-state index in [1.54, 1.807) is 25.4 Å². The molecule has 4 aromatic rings. The quantitative estimate of drug-likeness (QED) is 0.510. The molecule has 1 unspecified atom stereocenters. The number of aromatic nitrogens is 2. The molecule has 140 valence electrons. The van der Waals surface area contributed by atoms with Gasteiger partial charge in [0.1, 0.15) is 17.1 Å². The number of nitrogens with one attached hydrogen (secondary N) is 1. The van der Waals surface area contributed by atoms with Gasteiger partial charge in [-0.2, -0.15) is 0 Å². The van der Waals surface area contributed by atoms with Crippen molar-refractivity contribution in [3.8, 4) is 5.75 Å². The fraction of sp³-hybridized carbons (Fsp3) is 0.130. The van der Waals surface area contributed by atoms with Gasteiger partial charge in [0.2, 0.25) is 0 Å². The Balaban J connectivity index is 1.85. The Morgan fingerprint density at radius 3 is 2.61 bits per heavy atom. The minimum absolute atomic E-state index is 0.0802. The summed E-state index contributed by atoms with van der Waals surface area (Å²) < 4.78 is 14.3. The molecular formula is C23H20FN3O. The Hall–Kier alpha value is -3.47. The molecule has 0 aliphatic rings. The van der Waals surface area contributed by atoms with Crippen LogP contribution in [0.4, 0.5) is 10.1 Å². The summed E-state index contributed by atoms with van der Waals surface area (Å²) in [5, 5.41) is 15.1. The van der Waals surface area contributed by atoms with Crippen molar-refractivity contribution in [2.75, 3.05) is 5.32 Å². The molecule has 0 amide bonds. The van der Waals surface area contributed by atoms with Crippen molar-refractivity contribution < 1.29 is 9.50 Å². The third kappa shape index (κ3) is 3.39. The number of benzene rings is 2. The van der Waals surface area contributed by atoms with Gasteiger partial charge >= 0.3 is 0 Å². The van der Waals surface area contributed by atoms with Crippen LogP contribution >= 0.6 is 0 Å². The predicted octanol–water partition coefficient (Wildman–Crippen LogP) is 5.29. The van der Waals surface area contributed by atoms with Crippen molar-refractivity contribution in [3.63, 3.8) is 0 Å². The summed E-state index contributed by atoms with van der Waals surface area (Å²) in [6, 6.07) is 15.9. The second-order valence-electron chi connectivity index (χ2n) is 6.85. The number of pyridine rings is 2. The van der Waals surface area contributed by atoms with Crippen molar-refractivity contribution in [1.82, 2.24) is 9.97 Å². The van der Waals surface area contributed by atoms with Gasteiger partial charge in [0.05, 0.1) is 17.9 Å². The topological polar surface area (TPSA) is 58.0 Å². The van der Waals surface area contributed by atoms with Gasteiger partial charge in [0.25, 0.3) is 0 Å². The van der Waals surface area contributed by atoms with Crippen LogP contribution in [0.25, 0.3) is 10.9 Å². The fourth-order valence-electron chi connectivity index (χ4n) is 3.23. The maximum Gasteiger partial charge on any atom is 0.147 e. The van der Waals surface area contributed by atoms with Crippen molar-refractivity contribution in [1.29, 1.82) is 0 Å². The molecule has 0 aliphatic carbocycles. The van der Waals surface area contributed by atoms with Gasteiger partial charge < -0.3 is 10.4 Å². The number of rotatable bonds is 4. The number of phenols is 1. The molecule has 28 heavy (non-hydrogen) atoms. The lowest BCUT2D eigenvalue weighted by Gasteiger charge is -2.23. The van der Waals surface area contributed by atoms with Crippen LogP contribution in [0, 0.1) is 19.7 Å². The molecule has 0 spiro atoms. The van der Waals surface area contributed by atoms with Crippen LogP contribution in [0.5, 0.6) is 5.75 Å². The molecule has 2 aromatic carbocycles. The minimum Gasteiger partial charge on any atom is -0.505 e. The monoisotopic (exact) mass is 373 g/mol. The molecule has 0 saturated heterocycles. The first kappa shape index (κ1) is 17.9. The summed E-state index contributed by atoms with van der Waals surface area (Å²) in [5.41, 5.74) is 4.09. The highest BCUT2D eigenvalue weighted by atomic mass is 19.1. The van der Waals surface area contributed by atoms with Crippen LogP contribution in [0.2, 0.25) is 0 Å². The number of aryl methyl sites for hydroxylation is 2. The molecule has 0 bridgehead atoms. The minimum atomic E-state index is -0.467. The number of hydrogen-bond acceptors (Lipinski definition) is 4. The smallest absolute Gasteiger partial charge is 0.147 e. The Morgan fingerprint density at radius 1 is 1.00 bits per heavy atom. The van der Waals surface area contributed by atoms with Gasteiger partial charge in [0.15, 0.2) is 0 Å². The zero-order chi connectivity index (χ0) is 19.7. The van der Waals surface area contributed by atoms with Crippen LogP contribution in [-0.2, 0) is 0 Å². The second-order valence-corrected chi connectivity index (χ2v) is 6.85. The lowest BCUT2D eigenvalue weighted by atomic mass is 9.95. The molecule has 1 atom stereocenters. The predicted molar refractivity (Wildman–Crippen MR) is 109 cm³/mol. The summed E-state index contributed by atoms with van der Waals surface area (Å²) >= 11 is 0. The Morgan fingerprint density at radius 2 is 1.86 bits per heavy atom. The molecule has 2 heterocycles. The molecule has 2 aromatic heterocycles. The van der Waals surface area contributed by atoms with E-state index in [9.17, 15) is 9.50 Å². The second kappa shape index (κ2) is 7.27. The van der Waals surface area contributed by atoms with E-state index in [0.29, 0.717) is 22.2 Å². The van der Waals surface area contributed by atoms with E-state index in [4.69, 9.17) is 0 Å². The average Bonchev–Trinajstić information content (AvgIpc) is 2.71. The highest BCUT2D eigenvalue weighted by Gasteiger charge is 2.21. The summed E-state index contributed by atoms with van der Waals surface area (Å²) in [6.45, 7) is 3.64. The van der Waals surface area contributed by atoms with Crippen molar-refractivity contribution in [2.45, 2.75) is 19.9 Å². The first-order valence-electron chi connectivity index (χ1n) is 9.05. The molecule has 0 saturated carbocycles. The van der Waals surface area contributed by atoms with Gasteiger partial charge in [0, 0.05) is 22.8 Å². The summed E-state index contributed by atoms with van der Waals surface area (Å²) in [4.78, 5) is 8.62. The SMILES string of the molecule is Cc1ccc(NC(c2ccc(C)c(F)c2)c2ccc3cccnc3c2O)cn1. The van der Waals surface area contributed by atoms with Gasteiger partial charge in [-0.25, -0.2) is 4.39 Å². The van der Waals surface area contributed by atoms with Crippen molar-refractivity contribution >= 4 is 16.6 Å². The van der Waals surface area contributed by atoms with Crippen LogP contribution in [0.3, 0.4) is 0 Å². The zero-order valence-corrected chi connectivity index (χ0v) is 15.6. The normalized spacial score (nSPS) is 12.1. The lowest BCUT2D eigenvalue weighted by molar-refractivity contribution is 0.471. The Labute approximate surface area is 162 Å². The number of anilines is 1. The maximum atomic E-state index is 14.3. The largest absolute Gasteiger partial charge is 0.505 e. The molecule has 0 fully saturated rings. The standard InChI is InChI=1S/C23H20FN3O/c1-14-5-7-17(12-20(14)24)21(27-18-9-6-15(2)26-13-18)19-10-8-16-4-3-11-25-22(16)23(19)28/h3-13,21,27-28H,1-2H3. The van der Waals surface area contributed by atoms with E-state index in [1.165, 1.54) is 6.07 Å². The Kier molecular flexibility index (Phi) is 4.65. The highest BCUT2D eigenvalue weighted by Crippen LogP contribution is 2.36. The lowest BCUT2D eigenvalue weighted by Crippen LogP contribution is -2.13. The zero-order valence-electron chi connectivity index (χ0n) is 15.6. The van der Waals surface area contributed by atoms with Gasteiger partial charge in [-0.15, -0.1) is 0 Å². The van der Waals surface area contributed by atoms with E-state index in [1.807, 2.05) is 49.4 Å². The molecule has 4 nitrogen and oxygen atoms in total. The molecule has 4 rings (SSSR count). The van der Waals surface area contributed by atoms with E-state index < -0.39 is 6.04 Å². The third-order valence-electron chi connectivity index (χ3n) is 4.84. The van der Waals surface area contributed by atoms with Crippen molar-refractivity contribution in [2.24, 2.45) is 0 Å². The van der Waals surface area contributed by atoms with Gasteiger partial charge in [-0.05, 0) is 49.2 Å². The van der Waals surface area contributed by atoms with Gasteiger partial charge in [-0.1, -0.05) is 30.3 Å². The van der Waals surface area contributed by atoms with Gasteiger partial charge in [-0.3, -0.25) is 9.97 Å². The summed E-state index contributed by atoms with van der Waals surface area (Å²) in [7, 11) is 0. The average molecular weight is 373 g/mol. The number of nitrogens with zero attached hydrogens (tertiary/aromatic N) is 2. The maximum absolute atomic E-state index is 14.3. The number of phenolic OH excluding ortho intramolecular Hbond substituents is 1. The highest BCUT2D eigenvalue weighted by molar-refractivity contribution is 5.86. The summed E-state index contributed by atoms with van der Waals surface area (Å²) in [5.74, 6) is -0.207. The molecular weight excluding hydrogens is 353 g/mol. The van der Waals surface area contributed by atoms with Crippen molar-refractivity contribution in [3.05, 3.63) is 95.2 Å². The number of aromatic hydroxyl groups is 1. The van der Waals surface area contributed by atoms with Crippen LogP contribution in [0.1, 0.15) is 28.4 Å². The number of hydrogen-bond donors (Lipinski definition) is 2. The number of fused-ring (bicyclic) bond motifs is 1. The molecule has 2 N–H and O–H groups in total. The molecule has 0 radical (unpaired) electrons. The molecule has 0 aliphatic heterocycles. The van der Waals surface area contributed by atoms with E-state index in [2.05, 4.69) is 15.3 Å².